The summed E-state index contributed by atoms with van der Waals surface area (Å²) in [4.78, 5) is 4.73. The van der Waals surface area contributed by atoms with Gasteiger partial charge in [0.1, 0.15) is 5.01 Å². The van der Waals surface area contributed by atoms with Gasteiger partial charge in [-0.15, -0.1) is 11.3 Å². The highest BCUT2D eigenvalue weighted by molar-refractivity contribution is 9.10. The molecule has 1 aromatic heterocycles. The zero-order chi connectivity index (χ0) is 14.8. The Bertz CT molecular complexity index is 739. The third-order valence-corrected chi connectivity index (χ3v) is 5.39. The van der Waals surface area contributed by atoms with Crippen molar-refractivity contribution in [1.82, 2.24) is 10.3 Å². The molecule has 0 bridgehead atoms. The first-order chi connectivity index (χ1) is 10.2. The van der Waals surface area contributed by atoms with E-state index in [1.165, 1.54) is 4.70 Å². The van der Waals surface area contributed by atoms with E-state index in [2.05, 4.69) is 39.4 Å². The van der Waals surface area contributed by atoms with Crippen LogP contribution < -0.4 is 5.32 Å². The molecule has 1 atom stereocenters. The Morgan fingerprint density at radius 1 is 1.29 bits per heavy atom. The van der Waals surface area contributed by atoms with Gasteiger partial charge in [-0.3, -0.25) is 0 Å². The van der Waals surface area contributed by atoms with Crippen LogP contribution in [0.3, 0.4) is 0 Å². The zero-order valence-electron chi connectivity index (χ0n) is 11.4. The van der Waals surface area contributed by atoms with Crippen molar-refractivity contribution < 1.29 is 0 Å². The number of benzene rings is 2. The average Bonchev–Trinajstić information content (AvgIpc) is 2.90. The van der Waals surface area contributed by atoms with Gasteiger partial charge in [0.15, 0.2) is 0 Å². The first kappa shape index (κ1) is 15.0. The molecule has 0 spiro atoms. The smallest absolute Gasteiger partial charge is 0.111 e. The molecule has 1 N–H and O–H groups in total. The van der Waals surface area contributed by atoms with Gasteiger partial charge in [-0.1, -0.05) is 45.7 Å². The Kier molecular flexibility index (Phi) is 4.60. The van der Waals surface area contributed by atoms with E-state index in [-0.39, 0.29) is 6.04 Å². The predicted octanol–water partition coefficient (Wildman–Crippen LogP) is 5.22. The normalized spacial score (nSPS) is 12.7. The number of halogens is 2. The molecule has 0 amide bonds. The minimum atomic E-state index is 0.168. The quantitative estimate of drug-likeness (QED) is 0.670. The Balaban J connectivity index is 1.90. The number of hydrogen-bond donors (Lipinski definition) is 1. The van der Waals surface area contributed by atoms with E-state index in [1.807, 2.05) is 31.3 Å². The summed E-state index contributed by atoms with van der Waals surface area (Å²) >= 11 is 11.5. The summed E-state index contributed by atoms with van der Waals surface area (Å²) in [6, 6.07) is 14.4. The van der Waals surface area contributed by atoms with Crippen LogP contribution in [0.25, 0.3) is 10.2 Å². The first-order valence-corrected chi connectivity index (χ1v) is 8.63. The lowest BCUT2D eigenvalue weighted by molar-refractivity contribution is 0.589. The van der Waals surface area contributed by atoms with E-state index < -0.39 is 0 Å². The molecule has 0 aliphatic rings. The van der Waals surface area contributed by atoms with Crippen LogP contribution in [0.15, 0.2) is 46.9 Å². The minimum Gasteiger partial charge on any atom is -0.311 e. The van der Waals surface area contributed by atoms with Crippen LogP contribution in [0.2, 0.25) is 5.02 Å². The highest BCUT2D eigenvalue weighted by Crippen LogP contribution is 2.30. The SMILES string of the molecule is CNC(Cc1ccc(Br)cc1Cl)c1nc2ccccc2s1. The summed E-state index contributed by atoms with van der Waals surface area (Å²) < 4.78 is 2.21. The average molecular weight is 382 g/mol. The number of para-hydroxylation sites is 1. The molecule has 1 heterocycles. The summed E-state index contributed by atoms with van der Waals surface area (Å²) in [7, 11) is 1.96. The van der Waals surface area contributed by atoms with E-state index in [1.54, 1.807) is 11.3 Å². The zero-order valence-corrected chi connectivity index (χ0v) is 14.6. The molecule has 0 radical (unpaired) electrons. The third kappa shape index (κ3) is 3.29. The molecule has 108 valence electrons. The van der Waals surface area contributed by atoms with Crippen LogP contribution in [0, 0.1) is 0 Å². The highest BCUT2D eigenvalue weighted by atomic mass is 79.9. The first-order valence-electron chi connectivity index (χ1n) is 6.64. The summed E-state index contributed by atoms with van der Waals surface area (Å²) in [6.45, 7) is 0. The number of likely N-dealkylation sites (N-methyl/N-ethyl adjacent to an activating group) is 1. The van der Waals surface area contributed by atoms with Crippen LogP contribution >= 0.6 is 38.9 Å². The monoisotopic (exact) mass is 380 g/mol. The largest absolute Gasteiger partial charge is 0.311 e. The molecule has 0 saturated carbocycles. The van der Waals surface area contributed by atoms with Crippen LogP contribution in [0.4, 0.5) is 0 Å². The minimum absolute atomic E-state index is 0.168. The van der Waals surface area contributed by atoms with E-state index in [9.17, 15) is 0 Å². The molecular weight excluding hydrogens is 368 g/mol. The van der Waals surface area contributed by atoms with Gasteiger partial charge in [-0.2, -0.15) is 0 Å². The molecule has 2 nitrogen and oxygen atoms in total. The Morgan fingerprint density at radius 2 is 2.10 bits per heavy atom. The second-order valence-electron chi connectivity index (χ2n) is 4.80. The summed E-state index contributed by atoms with van der Waals surface area (Å²) in [5.41, 5.74) is 2.18. The molecular formula is C16H14BrClN2S. The molecule has 5 heteroatoms. The number of fused-ring (bicyclic) bond motifs is 1. The van der Waals surface area contributed by atoms with Crippen LogP contribution in [0.1, 0.15) is 16.6 Å². The maximum atomic E-state index is 6.32. The topological polar surface area (TPSA) is 24.9 Å². The number of thiazole rings is 1. The van der Waals surface area contributed by atoms with Gasteiger partial charge < -0.3 is 5.32 Å². The van der Waals surface area contributed by atoms with Gasteiger partial charge in [0.05, 0.1) is 16.3 Å². The standard InChI is InChI=1S/C16H14BrClN2S/c1-19-14(8-10-6-7-11(17)9-12(10)18)16-20-13-4-2-3-5-15(13)21-16/h2-7,9,14,19H,8H2,1H3. The number of aromatic nitrogens is 1. The molecule has 2 aromatic carbocycles. The third-order valence-electron chi connectivity index (χ3n) is 3.40. The number of nitrogens with zero attached hydrogens (tertiary/aromatic N) is 1. The summed E-state index contributed by atoms with van der Waals surface area (Å²) in [5.74, 6) is 0. The maximum Gasteiger partial charge on any atom is 0.111 e. The lowest BCUT2D eigenvalue weighted by Gasteiger charge is -2.14. The van der Waals surface area contributed by atoms with Crippen molar-refractivity contribution in [3.05, 3.63) is 62.5 Å². The van der Waals surface area contributed by atoms with Gasteiger partial charge in [-0.25, -0.2) is 4.98 Å². The summed E-state index contributed by atoms with van der Waals surface area (Å²) in [6.07, 6.45) is 0.822. The van der Waals surface area contributed by atoms with Crippen LogP contribution in [-0.2, 0) is 6.42 Å². The Hall–Kier alpha value is -0.940. The number of hydrogen-bond acceptors (Lipinski definition) is 3. The van der Waals surface area contributed by atoms with Gasteiger partial charge in [0.25, 0.3) is 0 Å². The van der Waals surface area contributed by atoms with Crippen molar-refractivity contribution in [2.75, 3.05) is 7.05 Å². The maximum absolute atomic E-state index is 6.32. The molecule has 21 heavy (non-hydrogen) atoms. The van der Waals surface area contributed by atoms with Crippen molar-refractivity contribution in [3.63, 3.8) is 0 Å². The lowest BCUT2D eigenvalue weighted by Crippen LogP contribution is -2.18. The van der Waals surface area contributed by atoms with Crippen molar-refractivity contribution >= 4 is 49.1 Å². The van der Waals surface area contributed by atoms with Crippen molar-refractivity contribution in [3.8, 4) is 0 Å². The van der Waals surface area contributed by atoms with Gasteiger partial charge in [-0.05, 0) is 43.3 Å². The fourth-order valence-electron chi connectivity index (χ4n) is 2.26. The van der Waals surface area contributed by atoms with E-state index in [0.717, 1.165) is 32.0 Å². The van der Waals surface area contributed by atoms with Crippen LogP contribution in [-0.4, -0.2) is 12.0 Å². The van der Waals surface area contributed by atoms with Gasteiger partial charge in [0, 0.05) is 9.50 Å². The second-order valence-corrected chi connectivity index (χ2v) is 7.19. The molecule has 3 aromatic rings. The molecule has 0 saturated heterocycles. The molecule has 0 aliphatic carbocycles. The Labute approximate surface area is 141 Å². The van der Waals surface area contributed by atoms with Crippen LogP contribution in [0.5, 0.6) is 0 Å². The van der Waals surface area contributed by atoms with E-state index in [4.69, 9.17) is 16.6 Å². The predicted molar refractivity (Wildman–Crippen MR) is 94.3 cm³/mol. The highest BCUT2D eigenvalue weighted by Gasteiger charge is 2.16. The molecule has 0 aliphatic heterocycles. The second kappa shape index (κ2) is 6.44. The van der Waals surface area contributed by atoms with E-state index >= 15 is 0 Å². The fourth-order valence-corrected chi connectivity index (χ4v) is 4.09. The van der Waals surface area contributed by atoms with Crippen molar-refractivity contribution in [1.29, 1.82) is 0 Å². The lowest BCUT2D eigenvalue weighted by atomic mass is 10.1. The van der Waals surface area contributed by atoms with Crippen molar-refractivity contribution in [2.45, 2.75) is 12.5 Å². The summed E-state index contributed by atoms with van der Waals surface area (Å²) in [5, 5.41) is 5.23. The molecule has 3 rings (SSSR count). The molecule has 0 fully saturated rings. The number of nitrogens with one attached hydrogen (secondary N) is 1. The Morgan fingerprint density at radius 3 is 2.81 bits per heavy atom. The number of rotatable bonds is 4. The van der Waals surface area contributed by atoms with E-state index in [0.29, 0.717) is 0 Å². The molecule has 1 unspecified atom stereocenters. The van der Waals surface area contributed by atoms with Gasteiger partial charge in [0.2, 0.25) is 0 Å². The van der Waals surface area contributed by atoms with Crippen molar-refractivity contribution in [2.24, 2.45) is 0 Å². The van der Waals surface area contributed by atoms with Gasteiger partial charge >= 0.3 is 0 Å². The fraction of sp³-hybridized carbons (Fsp3) is 0.188.